The first-order chi connectivity index (χ1) is 15.0. The Morgan fingerprint density at radius 3 is 2.19 bits per heavy atom. The number of nitrogens with one attached hydrogen (secondary N) is 1. The molecular weight excluding hydrogens is 398 g/mol. The van der Waals surface area contributed by atoms with Crippen molar-refractivity contribution in [2.75, 3.05) is 34.5 Å². The Labute approximate surface area is 183 Å². The number of hydrogen-bond donors (Lipinski definition) is 1. The molecule has 0 saturated carbocycles. The van der Waals surface area contributed by atoms with Crippen LogP contribution in [-0.4, -0.2) is 40.5 Å². The molecule has 1 aliphatic heterocycles. The van der Waals surface area contributed by atoms with E-state index in [9.17, 15) is 4.79 Å². The maximum absolute atomic E-state index is 12.9. The second-order valence-corrected chi connectivity index (χ2v) is 7.76. The lowest BCUT2D eigenvalue weighted by atomic mass is 9.95. The fourth-order valence-electron chi connectivity index (χ4n) is 3.66. The molecular formula is C24H31NO6. The highest BCUT2D eigenvalue weighted by Gasteiger charge is 2.22. The molecule has 0 spiro atoms. The van der Waals surface area contributed by atoms with Crippen molar-refractivity contribution in [3.05, 3.63) is 41.5 Å². The third-order valence-corrected chi connectivity index (χ3v) is 5.20. The smallest absolute Gasteiger partial charge is 0.224 e. The normalized spacial score (nSPS) is 13.9. The van der Waals surface area contributed by atoms with E-state index in [0.717, 1.165) is 29.0 Å². The second-order valence-electron chi connectivity index (χ2n) is 7.76. The highest BCUT2D eigenvalue weighted by molar-refractivity contribution is 5.79. The average molecular weight is 430 g/mol. The zero-order valence-corrected chi connectivity index (χ0v) is 18.8. The molecule has 1 atom stereocenters. The molecule has 0 fully saturated rings. The van der Waals surface area contributed by atoms with Crippen LogP contribution in [0.5, 0.6) is 28.7 Å². The Bertz CT molecular complexity index is 886. The van der Waals surface area contributed by atoms with Crippen LogP contribution in [0.25, 0.3) is 0 Å². The molecule has 0 aliphatic carbocycles. The number of ether oxygens (including phenoxy) is 5. The van der Waals surface area contributed by atoms with E-state index in [1.54, 1.807) is 33.5 Å². The molecule has 0 bridgehead atoms. The average Bonchev–Trinajstić information content (AvgIpc) is 3.01. The van der Waals surface area contributed by atoms with Crippen LogP contribution in [0.15, 0.2) is 30.3 Å². The summed E-state index contributed by atoms with van der Waals surface area (Å²) in [6.45, 7) is 5.42. The summed E-state index contributed by atoms with van der Waals surface area (Å²) < 4.78 is 27.7. The van der Waals surface area contributed by atoms with Gasteiger partial charge in [-0.3, -0.25) is 4.79 Å². The Kier molecular flexibility index (Phi) is 7.50. The Hall–Kier alpha value is -3.09. The van der Waals surface area contributed by atoms with Crippen LogP contribution in [0.1, 0.15) is 37.4 Å². The number of amides is 1. The van der Waals surface area contributed by atoms with Gasteiger partial charge in [-0.15, -0.1) is 0 Å². The quantitative estimate of drug-likeness (QED) is 0.685. The lowest BCUT2D eigenvalue weighted by Crippen LogP contribution is -2.32. The van der Waals surface area contributed by atoms with E-state index < -0.39 is 0 Å². The zero-order valence-electron chi connectivity index (χ0n) is 18.8. The third-order valence-electron chi connectivity index (χ3n) is 5.20. The number of carbonyl (C=O) groups excluding carboxylic acids is 1. The van der Waals surface area contributed by atoms with Crippen molar-refractivity contribution in [3.8, 4) is 28.7 Å². The largest absolute Gasteiger partial charge is 0.493 e. The number of hydrogen-bond acceptors (Lipinski definition) is 6. The van der Waals surface area contributed by atoms with Gasteiger partial charge < -0.3 is 29.0 Å². The number of fused-ring (bicyclic) bond motifs is 1. The Balaban J connectivity index is 1.78. The maximum Gasteiger partial charge on any atom is 0.224 e. The van der Waals surface area contributed by atoms with Gasteiger partial charge in [0.05, 0.1) is 47.0 Å². The molecule has 31 heavy (non-hydrogen) atoms. The van der Waals surface area contributed by atoms with Gasteiger partial charge in [0.2, 0.25) is 11.7 Å². The van der Waals surface area contributed by atoms with Gasteiger partial charge in [0.1, 0.15) is 0 Å². The van der Waals surface area contributed by atoms with E-state index in [1.807, 2.05) is 18.2 Å². The molecule has 0 unspecified atom stereocenters. The van der Waals surface area contributed by atoms with Gasteiger partial charge in [0.15, 0.2) is 23.0 Å². The third kappa shape index (κ3) is 5.34. The molecule has 7 nitrogen and oxygen atoms in total. The molecule has 0 aromatic heterocycles. The highest BCUT2D eigenvalue weighted by Crippen LogP contribution is 2.38. The molecule has 1 N–H and O–H groups in total. The minimum Gasteiger partial charge on any atom is -0.493 e. The lowest BCUT2D eigenvalue weighted by molar-refractivity contribution is -0.121. The minimum atomic E-state index is -0.160. The van der Waals surface area contributed by atoms with Crippen LogP contribution in [0.3, 0.4) is 0 Å². The SMILES string of the molecule is COc1cc(CC(=O)N[C@H](c2ccc3c(c2)OCCCO3)C(C)C)cc(OC)c1OC. The van der Waals surface area contributed by atoms with Crippen molar-refractivity contribution < 1.29 is 28.5 Å². The lowest BCUT2D eigenvalue weighted by Gasteiger charge is -2.24. The first-order valence-electron chi connectivity index (χ1n) is 10.4. The van der Waals surface area contributed by atoms with E-state index in [2.05, 4.69) is 19.2 Å². The molecule has 1 heterocycles. The van der Waals surface area contributed by atoms with E-state index in [4.69, 9.17) is 23.7 Å². The predicted octanol–water partition coefficient (Wildman–Crippen LogP) is 3.93. The molecule has 1 amide bonds. The Morgan fingerprint density at radius 1 is 0.968 bits per heavy atom. The maximum atomic E-state index is 12.9. The summed E-state index contributed by atoms with van der Waals surface area (Å²) in [5.41, 5.74) is 1.76. The number of benzene rings is 2. The molecule has 1 aliphatic rings. The fourth-order valence-corrected chi connectivity index (χ4v) is 3.66. The summed E-state index contributed by atoms with van der Waals surface area (Å²) in [5.74, 6) is 3.10. The first kappa shape index (κ1) is 22.6. The summed E-state index contributed by atoms with van der Waals surface area (Å²) in [6, 6.07) is 9.28. The molecule has 168 valence electrons. The summed E-state index contributed by atoms with van der Waals surface area (Å²) in [5, 5.41) is 3.16. The predicted molar refractivity (Wildman–Crippen MR) is 118 cm³/mol. The molecule has 7 heteroatoms. The van der Waals surface area contributed by atoms with Gasteiger partial charge in [-0.2, -0.15) is 0 Å². The van der Waals surface area contributed by atoms with Crippen LogP contribution in [0.2, 0.25) is 0 Å². The fraction of sp³-hybridized carbons (Fsp3) is 0.458. The number of rotatable bonds is 8. The molecule has 2 aromatic rings. The molecule has 2 aromatic carbocycles. The van der Waals surface area contributed by atoms with Gasteiger partial charge in [-0.25, -0.2) is 0 Å². The van der Waals surface area contributed by atoms with Crippen molar-refractivity contribution in [2.45, 2.75) is 32.7 Å². The summed E-state index contributed by atoms with van der Waals surface area (Å²) in [4.78, 5) is 12.9. The number of carbonyl (C=O) groups is 1. The van der Waals surface area contributed by atoms with E-state index in [1.165, 1.54) is 0 Å². The van der Waals surface area contributed by atoms with Crippen LogP contribution in [0.4, 0.5) is 0 Å². The van der Waals surface area contributed by atoms with Crippen LogP contribution < -0.4 is 29.0 Å². The monoisotopic (exact) mass is 429 g/mol. The van der Waals surface area contributed by atoms with Crippen molar-refractivity contribution in [2.24, 2.45) is 5.92 Å². The molecule has 0 radical (unpaired) electrons. The topological polar surface area (TPSA) is 75.3 Å². The van der Waals surface area contributed by atoms with Gasteiger partial charge in [0, 0.05) is 6.42 Å². The highest BCUT2D eigenvalue weighted by atomic mass is 16.5. The van der Waals surface area contributed by atoms with Crippen molar-refractivity contribution in [1.29, 1.82) is 0 Å². The van der Waals surface area contributed by atoms with Crippen molar-refractivity contribution >= 4 is 5.91 Å². The van der Waals surface area contributed by atoms with E-state index in [-0.39, 0.29) is 24.3 Å². The van der Waals surface area contributed by atoms with Gasteiger partial charge in [-0.05, 0) is 41.3 Å². The van der Waals surface area contributed by atoms with Crippen molar-refractivity contribution in [1.82, 2.24) is 5.32 Å². The van der Waals surface area contributed by atoms with Crippen molar-refractivity contribution in [3.63, 3.8) is 0 Å². The summed E-state index contributed by atoms with van der Waals surface area (Å²) in [6.07, 6.45) is 1.04. The second kappa shape index (κ2) is 10.3. The van der Waals surface area contributed by atoms with Crippen LogP contribution in [-0.2, 0) is 11.2 Å². The van der Waals surface area contributed by atoms with Crippen LogP contribution in [0, 0.1) is 5.92 Å². The van der Waals surface area contributed by atoms with Gasteiger partial charge in [0.25, 0.3) is 0 Å². The standard InChI is InChI=1S/C24H31NO6/c1-15(2)23(17-7-8-18-19(14-17)31-10-6-9-30-18)25-22(26)13-16-11-20(27-3)24(29-5)21(12-16)28-4/h7-8,11-12,14-15,23H,6,9-10,13H2,1-5H3,(H,25,26)/t23-/m0/s1. The van der Waals surface area contributed by atoms with E-state index >= 15 is 0 Å². The number of methoxy groups -OCH3 is 3. The van der Waals surface area contributed by atoms with E-state index in [0.29, 0.717) is 30.5 Å². The van der Waals surface area contributed by atoms with Crippen LogP contribution >= 0.6 is 0 Å². The Morgan fingerprint density at radius 2 is 1.61 bits per heavy atom. The zero-order chi connectivity index (χ0) is 22.4. The van der Waals surface area contributed by atoms with Gasteiger partial charge in [-0.1, -0.05) is 19.9 Å². The molecule has 3 rings (SSSR count). The summed E-state index contributed by atoms with van der Waals surface area (Å²) in [7, 11) is 4.66. The minimum absolute atomic E-state index is 0.0971. The summed E-state index contributed by atoms with van der Waals surface area (Å²) >= 11 is 0. The first-order valence-corrected chi connectivity index (χ1v) is 10.4. The van der Waals surface area contributed by atoms with Gasteiger partial charge >= 0.3 is 0 Å². The molecule has 0 saturated heterocycles.